The fourth-order valence-corrected chi connectivity index (χ4v) is 6.63. The number of likely N-dealkylation sites (tertiary alicyclic amines) is 1. The van der Waals surface area contributed by atoms with Crippen LogP contribution in [0.25, 0.3) is 11.1 Å². The molecule has 2 aromatic carbocycles. The molecule has 0 saturated carbocycles. The molecule has 0 spiro atoms. The average molecular weight is 552 g/mol. The van der Waals surface area contributed by atoms with E-state index in [-0.39, 0.29) is 0 Å². The molecule has 1 saturated heterocycles. The van der Waals surface area contributed by atoms with Crippen molar-refractivity contribution in [2.75, 3.05) is 24.5 Å². The van der Waals surface area contributed by atoms with Crippen LogP contribution in [0.4, 0.5) is 5.69 Å². The zero-order valence-electron chi connectivity index (χ0n) is 26.5. The van der Waals surface area contributed by atoms with Crippen LogP contribution in [0.1, 0.15) is 89.3 Å². The van der Waals surface area contributed by atoms with Gasteiger partial charge >= 0.3 is 0 Å². The Labute approximate surface area is 250 Å². The molecule has 0 amide bonds. The molecule has 41 heavy (non-hydrogen) atoms. The average Bonchev–Trinajstić information content (AvgIpc) is 3.44. The molecule has 0 aliphatic carbocycles. The molecule has 1 atom stereocenters. The molecule has 4 rings (SSSR count). The van der Waals surface area contributed by atoms with Crippen LogP contribution < -0.4 is 10.2 Å². The molecule has 3 heteroatoms. The molecule has 2 heterocycles. The summed E-state index contributed by atoms with van der Waals surface area (Å²) in [7, 11) is 0. The summed E-state index contributed by atoms with van der Waals surface area (Å²) in [6, 6.07) is 14.8. The van der Waals surface area contributed by atoms with Crippen LogP contribution in [0.3, 0.4) is 0 Å². The largest absolute Gasteiger partial charge is 0.369 e. The molecule has 0 aromatic heterocycles. The first-order valence-electron chi connectivity index (χ1n) is 16.0. The molecule has 0 radical (unpaired) electrons. The normalized spacial score (nSPS) is 16.8. The van der Waals surface area contributed by atoms with Crippen LogP contribution in [-0.4, -0.2) is 30.6 Å². The summed E-state index contributed by atoms with van der Waals surface area (Å²) in [5.41, 5.74) is 13.2. The van der Waals surface area contributed by atoms with E-state index in [4.69, 9.17) is 0 Å². The highest BCUT2D eigenvalue weighted by molar-refractivity contribution is 5.73. The number of nitrogens with zero attached hydrogens (tertiary/aromatic N) is 2. The van der Waals surface area contributed by atoms with Crippen LogP contribution in [-0.2, 0) is 13.0 Å². The molecule has 2 aromatic rings. The molecule has 1 unspecified atom stereocenters. The number of allylic oxidation sites excluding steroid dienone is 5. The summed E-state index contributed by atoms with van der Waals surface area (Å²) in [5.74, 6) is 0. The lowest BCUT2D eigenvalue weighted by molar-refractivity contribution is 0.331. The highest BCUT2D eigenvalue weighted by Gasteiger charge is 2.22. The van der Waals surface area contributed by atoms with Crippen molar-refractivity contribution >= 4 is 5.69 Å². The summed E-state index contributed by atoms with van der Waals surface area (Å²) in [5, 5.41) is 3.54. The lowest BCUT2D eigenvalue weighted by atomic mass is 9.90. The van der Waals surface area contributed by atoms with Gasteiger partial charge in [0, 0.05) is 36.2 Å². The third-order valence-electron chi connectivity index (χ3n) is 9.11. The Bertz CT molecular complexity index is 1260. The van der Waals surface area contributed by atoms with Gasteiger partial charge in [-0.1, -0.05) is 68.0 Å². The molecule has 2 aliphatic rings. The second kappa shape index (κ2) is 14.7. The van der Waals surface area contributed by atoms with Crippen molar-refractivity contribution in [2.24, 2.45) is 0 Å². The van der Waals surface area contributed by atoms with E-state index < -0.39 is 0 Å². The van der Waals surface area contributed by atoms with Crippen molar-refractivity contribution in [1.82, 2.24) is 10.2 Å². The van der Waals surface area contributed by atoms with Crippen LogP contribution >= 0.6 is 0 Å². The predicted octanol–water partition coefficient (Wildman–Crippen LogP) is 9.49. The van der Waals surface area contributed by atoms with Gasteiger partial charge < -0.3 is 10.2 Å². The number of hydrogen-bond acceptors (Lipinski definition) is 3. The molecule has 1 N–H and O–H groups in total. The van der Waals surface area contributed by atoms with Gasteiger partial charge in [-0.3, -0.25) is 4.90 Å². The van der Waals surface area contributed by atoms with Gasteiger partial charge in [-0.05, 0) is 125 Å². The van der Waals surface area contributed by atoms with Gasteiger partial charge in [0.25, 0.3) is 0 Å². The minimum Gasteiger partial charge on any atom is -0.369 e. The van der Waals surface area contributed by atoms with Crippen LogP contribution in [0.5, 0.6) is 0 Å². The Morgan fingerprint density at radius 3 is 2.39 bits per heavy atom. The lowest BCUT2D eigenvalue weighted by Gasteiger charge is -2.35. The summed E-state index contributed by atoms with van der Waals surface area (Å²) in [4.78, 5) is 5.25. The first-order valence-corrected chi connectivity index (χ1v) is 16.0. The summed E-state index contributed by atoms with van der Waals surface area (Å²) >= 11 is 0. The predicted molar refractivity (Wildman–Crippen MR) is 179 cm³/mol. The molecule has 1 fully saturated rings. The SMILES string of the molecule is C=CCCC(CCC)N(CC)c1cc(-c2ccc(CN3CCCC3)cc2)cc(CC2=C(C)CC=C(C)NC2=C)c1C. The van der Waals surface area contributed by atoms with Crippen LogP contribution in [0.15, 0.2) is 84.2 Å². The van der Waals surface area contributed by atoms with Gasteiger partial charge in [0.15, 0.2) is 0 Å². The molecule has 2 aliphatic heterocycles. The second-order valence-electron chi connectivity index (χ2n) is 12.2. The number of benzene rings is 2. The molecule has 3 nitrogen and oxygen atoms in total. The van der Waals surface area contributed by atoms with Crippen molar-refractivity contribution in [2.45, 2.75) is 98.6 Å². The smallest absolute Gasteiger partial charge is 0.0407 e. The first-order chi connectivity index (χ1) is 19.8. The highest BCUT2D eigenvalue weighted by Crippen LogP contribution is 2.36. The number of rotatable bonds is 13. The van der Waals surface area contributed by atoms with E-state index in [9.17, 15) is 0 Å². The fraction of sp³-hybridized carbons (Fsp3) is 0.474. The summed E-state index contributed by atoms with van der Waals surface area (Å²) in [6.45, 7) is 24.3. The molecular formula is C38H53N3. The fourth-order valence-electron chi connectivity index (χ4n) is 6.63. The van der Waals surface area contributed by atoms with Gasteiger partial charge in [0.2, 0.25) is 0 Å². The van der Waals surface area contributed by atoms with E-state index in [2.05, 4.69) is 111 Å². The zero-order chi connectivity index (χ0) is 29.4. The van der Waals surface area contributed by atoms with Gasteiger partial charge in [-0.15, -0.1) is 6.58 Å². The minimum absolute atomic E-state index is 0.509. The van der Waals surface area contributed by atoms with E-state index in [0.717, 1.165) is 44.5 Å². The quantitative estimate of drug-likeness (QED) is 0.250. The first kappa shape index (κ1) is 30.9. The third kappa shape index (κ3) is 7.83. The van der Waals surface area contributed by atoms with Gasteiger partial charge in [0.05, 0.1) is 0 Å². The monoisotopic (exact) mass is 551 g/mol. The maximum absolute atomic E-state index is 4.44. The van der Waals surface area contributed by atoms with E-state index in [0.29, 0.717) is 6.04 Å². The Morgan fingerprint density at radius 2 is 1.73 bits per heavy atom. The zero-order valence-corrected chi connectivity index (χ0v) is 26.5. The second-order valence-corrected chi connectivity index (χ2v) is 12.2. The molecule has 220 valence electrons. The van der Waals surface area contributed by atoms with Crippen LogP contribution in [0, 0.1) is 6.92 Å². The van der Waals surface area contributed by atoms with Crippen molar-refractivity contribution in [3.05, 3.63) is 101 Å². The Kier molecular flexibility index (Phi) is 11.1. The van der Waals surface area contributed by atoms with Gasteiger partial charge in [-0.25, -0.2) is 0 Å². The number of nitrogens with one attached hydrogen (secondary N) is 1. The third-order valence-corrected chi connectivity index (χ3v) is 9.11. The maximum Gasteiger partial charge on any atom is 0.0407 e. The van der Waals surface area contributed by atoms with Gasteiger partial charge in [0.1, 0.15) is 0 Å². The summed E-state index contributed by atoms with van der Waals surface area (Å²) < 4.78 is 0. The van der Waals surface area contributed by atoms with Crippen molar-refractivity contribution in [3.63, 3.8) is 0 Å². The number of hydrogen-bond donors (Lipinski definition) is 1. The Hall–Kier alpha value is -3.04. The molecular weight excluding hydrogens is 498 g/mol. The summed E-state index contributed by atoms with van der Waals surface area (Å²) in [6.07, 6.45) is 13.5. The Morgan fingerprint density at radius 1 is 1.00 bits per heavy atom. The van der Waals surface area contributed by atoms with Crippen molar-refractivity contribution in [3.8, 4) is 11.1 Å². The lowest BCUT2D eigenvalue weighted by Crippen LogP contribution is -2.36. The number of anilines is 1. The van der Waals surface area contributed by atoms with Crippen molar-refractivity contribution in [1.29, 1.82) is 0 Å². The van der Waals surface area contributed by atoms with E-state index >= 15 is 0 Å². The molecule has 0 bridgehead atoms. The Balaban J connectivity index is 1.75. The van der Waals surface area contributed by atoms with Gasteiger partial charge in [-0.2, -0.15) is 0 Å². The minimum atomic E-state index is 0.509. The van der Waals surface area contributed by atoms with Crippen LogP contribution in [0.2, 0.25) is 0 Å². The van der Waals surface area contributed by atoms with Crippen molar-refractivity contribution < 1.29 is 0 Å². The highest BCUT2D eigenvalue weighted by atomic mass is 15.2. The van der Waals surface area contributed by atoms with E-state index in [1.54, 1.807) is 0 Å². The van der Waals surface area contributed by atoms with E-state index in [1.807, 2.05) is 0 Å². The van der Waals surface area contributed by atoms with E-state index in [1.165, 1.54) is 89.1 Å². The maximum atomic E-state index is 4.44. The topological polar surface area (TPSA) is 18.5 Å². The standard InChI is InChI=1S/C38H53N3/c1-8-11-15-36(14-9-2)41(10-3)38-26-35(33-20-18-32(19-21-33)27-40-22-12-13-23-40)24-34(30(38)6)25-37-28(4)16-17-29(5)39-31(37)7/h8,17-21,24,26,36,39H,1,7,9-16,22-23,25,27H2,2-6H3.